The number of nitrogens with one attached hydrogen (secondary N) is 1. The Kier molecular flexibility index (Phi) is 7.37. The smallest absolute Gasteiger partial charge is 0.325 e. The summed E-state index contributed by atoms with van der Waals surface area (Å²) in [5, 5.41) is 2.38. The summed E-state index contributed by atoms with van der Waals surface area (Å²) in [5.74, 6) is -1.85. The third-order valence-electron chi connectivity index (χ3n) is 4.07. The molecule has 0 spiro atoms. The summed E-state index contributed by atoms with van der Waals surface area (Å²) in [5.41, 5.74) is 0.242. The molecule has 6 nitrogen and oxygen atoms in total. The van der Waals surface area contributed by atoms with Crippen molar-refractivity contribution < 1.29 is 23.5 Å². The minimum atomic E-state index is -0.684. The molecule has 2 amide bonds. The van der Waals surface area contributed by atoms with Crippen molar-refractivity contribution in [2.24, 2.45) is 0 Å². The van der Waals surface area contributed by atoms with Gasteiger partial charge in [-0.15, -0.1) is 0 Å². The van der Waals surface area contributed by atoms with Gasteiger partial charge < -0.3 is 15.0 Å². The Bertz CT molecular complexity index is 596. The highest BCUT2D eigenvalue weighted by Crippen LogP contribution is 2.10. The highest BCUT2D eigenvalue weighted by Gasteiger charge is 2.17. The molecule has 1 heterocycles. The summed E-state index contributed by atoms with van der Waals surface area (Å²) in [7, 11) is 0. The summed E-state index contributed by atoms with van der Waals surface area (Å²) in [6.07, 6.45) is 5.35. The Morgan fingerprint density at radius 1 is 1.00 bits per heavy atom. The van der Waals surface area contributed by atoms with Gasteiger partial charge in [0.25, 0.3) is 11.8 Å². The van der Waals surface area contributed by atoms with Crippen LogP contribution in [0.15, 0.2) is 24.3 Å². The number of benzene rings is 1. The molecule has 0 aromatic heterocycles. The van der Waals surface area contributed by atoms with Crippen molar-refractivity contribution in [1.82, 2.24) is 10.2 Å². The van der Waals surface area contributed by atoms with Crippen molar-refractivity contribution in [2.75, 3.05) is 26.2 Å². The van der Waals surface area contributed by atoms with Crippen molar-refractivity contribution in [3.63, 3.8) is 0 Å². The molecule has 1 N–H and O–H groups in total. The highest BCUT2D eigenvalue weighted by atomic mass is 19.1. The molecule has 0 radical (unpaired) electrons. The minimum Gasteiger partial charge on any atom is -0.454 e. The van der Waals surface area contributed by atoms with Gasteiger partial charge in [0, 0.05) is 18.7 Å². The van der Waals surface area contributed by atoms with E-state index in [0.29, 0.717) is 13.1 Å². The molecule has 25 heavy (non-hydrogen) atoms. The average molecular weight is 350 g/mol. The van der Waals surface area contributed by atoms with Gasteiger partial charge in [-0.05, 0) is 37.1 Å². The van der Waals surface area contributed by atoms with Gasteiger partial charge in [0.2, 0.25) is 0 Å². The molecule has 1 aliphatic heterocycles. The number of likely N-dealkylation sites (tertiary alicyclic amines) is 1. The minimum absolute atomic E-state index is 0.208. The number of amides is 2. The van der Waals surface area contributed by atoms with Gasteiger partial charge in [-0.2, -0.15) is 0 Å². The van der Waals surface area contributed by atoms with Crippen molar-refractivity contribution >= 4 is 17.8 Å². The number of hydrogen-bond donors (Lipinski definition) is 1. The Labute approximate surface area is 146 Å². The summed E-state index contributed by atoms with van der Waals surface area (Å²) in [6, 6.07) is 4.97. The van der Waals surface area contributed by atoms with E-state index in [1.54, 1.807) is 4.90 Å². The van der Waals surface area contributed by atoms with E-state index in [9.17, 15) is 18.8 Å². The van der Waals surface area contributed by atoms with E-state index < -0.39 is 17.7 Å². The van der Waals surface area contributed by atoms with Gasteiger partial charge in [-0.1, -0.05) is 19.3 Å². The predicted molar refractivity (Wildman–Crippen MR) is 89.4 cm³/mol. The monoisotopic (exact) mass is 350 g/mol. The van der Waals surface area contributed by atoms with Crippen LogP contribution < -0.4 is 5.32 Å². The average Bonchev–Trinajstić information content (AvgIpc) is 2.58. The van der Waals surface area contributed by atoms with Crippen LogP contribution in [0.25, 0.3) is 0 Å². The second-order valence-corrected chi connectivity index (χ2v) is 6.00. The molecule has 0 bridgehead atoms. The van der Waals surface area contributed by atoms with Crippen LogP contribution >= 0.6 is 0 Å². The van der Waals surface area contributed by atoms with Gasteiger partial charge in [-0.25, -0.2) is 4.39 Å². The number of carbonyl (C=O) groups excluding carboxylic acids is 3. The first-order chi connectivity index (χ1) is 12.1. The van der Waals surface area contributed by atoms with Crippen molar-refractivity contribution in [3.8, 4) is 0 Å². The number of esters is 1. The summed E-state index contributed by atoms with van der Waals surface area (Å²) in [6.45, 7) is 0.726. The van der Waals surface area contributed by atoms with Crippen LogP contribution in [0.4, 0.5) is 4.39 Å². The normalized spacial score (nSPS) is 15.0. The lowest BCUT2D eigenvalue weighted by Gasteiger charge is -2.24. The fourth-order valence-corrected chi connectivity index (χ4v) is 2.64. The molecule has 7 heteroatoms. The van der Waals surface area contributed by atoms with Crippen LogP contribution in [0.5, 0.6) is 0 Å². The molecule has 1 aliphatic rings. The summed E-state index contributed by atoms with van der Waals surface area (Å²) in [4.78, 5) is 37.3. The van der Waals surface area contributed by atoms with Crippen LogP contribution in [0, 0.1) is 5.82 Å². The van der Waals surface area contributed by atoms with Gasteiger partial charge in [-0.3, -0.25) is 14.4 Å². The molecule has 0 saturated carbocycles. The zero-order valence-corrected chi connectivity index (χ0v) is 14.1. The quantitative estimate of drug-likeness (QED) is 0.823. The maximum Gasteiger partial charge on any atom is 0.325 e. The molecule has 2 rings (SSSR count). The lowest BCUT2D eigenvalue weighted by atomic mass is 10.1. The van der Waals surface area contributed by atoms with Gasteiger partial charge >= 0.3 is 5.97 Å². The molecule has 1 aromatic rings. The zero-order chi connectivity index (χ0) is 18.1. The number of ether oxygens (including phenoxy) is 1. The Hall–Kier alpha value is -2.44. The van der Waals surface area contributed by atoms with Crippen molar-refractivity contribution in [2.45, 2.75) is 32.1 Å². The fourth-order valence-electron chi connectivity index (χ4n) is 2.64. The van der Waals surface area contributed by atoms with Crippen LogP contribution in [0.2, 0.25) is 0 Å². The topological polar surface area (TPSA) is 75.7 Å². The lowest BCUT2D eigenvalue weighted by Crippen LogP contribution is -2.38. The van der Waals surface area contributed by atoms with Crippen LogP contribution in [0.1, 0.15) is 42.5 Å². The molecule has 0 unspecified atom stereocenters. The molecule has 1 saturated heterocycles. The van der Waals surface area contributed by atoms with Crippen LogP contribution in [-0.4, -0.2) is 48.9 Å². The van der Waals surface area contributed by atoms with E-state index in [4.69, 9.17) is 4.74 Å². The maximum atomic E-state index is 12.8. The number of rotatable bonds is 5. The largest absolute Gasteiger partial charge is 0.454 e. The lowest BCUT2D eigenvalue weighted by molar-refractivity contribution is -0.151. The molecule has 0 aliphatic carbocycles. The molecule has 1 fully saturated rings. The van der Waals surface area contributed by atoms with E-state index in [-0.39, 0.29) is 24.6 Å². The molecule has 136 valence electrons. The zero-order valence-electron chi connectivity index (χ0n) is 14.1. The second-order valence-electron chi connectivity index (χ2n) is 6.00. The van der Waals surface area contributed by atoms with Gasteiger partial charge in [0.15, 0.2) is 6.61 Å². The number of nitrogens with zero attached hydrogens (tertiary/aromatic N) is 1. The van der Waals surface area contributed by atoms with E-state index >= 15 is 0 Å². The third kappa shape index (κ3) is 6.52. The molecule has 0 atom stereocenters. The van der Waals surface area contributed by atoms with Crippen molar-refractivity contribution in [1.29, 1.82) is 0 Å². The molecule has 1 aromatic carbocycles. The highest BCUT2D eigenvalue weighted by molar-refractivity contribution is 5.96. The SMILES string of the molecule is O=C(CNC(=O)c1ccc(F)cc1)OCC(=O)N1CCCCCCC1. The second kappa shape index (κ2) is 9.76. The van der Waals surface area contributed by atoms with E-state index in [1.807, 2.05) is 0 Å². The van der Waals surface area contributed by atoms with E-state index in [2.05, 4.69) is 5.32 Å². The first-order valence-electron chi connectivity index (χ1n) is 8.53. The Morgan fingerprint density at radius 2 is 1.60 bits per heavy atom. The fraction of sp³-hybridized carbons (Fsp3) is 0.500. The van der Waals surface area contributed by atoms with Crippen LogP contribution in [-0.2, 0) is 14.3 Å². The first kappa shape index (κ1) is 18.9. The molecular formula is C18H23FN2O4. The maximum absolute atomic E-state index is 12.8. The number of carbonyl (C=O) groups is 3. The standard InChI is InChI=1S/C18H23FN2O4/c19-15-8-6-14(7-9-15)18(24)20-12-17(23)25-13-16(22)21-10-4-2-1-3-5-11-21/h6-9H,1-5,10-13H2,(H,20,24). The number of hydrogen-bond acceptors (Lipinski definition) is 4. The Balaban J connectivity index is 1.69. The van der Waals surface area contributed by atoms with E-state index in [0.717, 1.165) is 37.8 Å². The predicted octanol–water partition coefficient (Wildman–Crippen LogP) is 1.89. The summed E-state index contributed by atoms with van der Waals surface area (Å²) >= 11 is 0. The Morgan fingerprint density at radius 3 is 2.24 bits per heavy atom. The molecular weight excluding hydrogens is 327 g/mol. The summed E-state index contributed by atoms with van der Waals surface area (Å²) < 4.78 is 17.7. The van der Waals surface area contributed by atoms with Crippen molar-refractivity contribution in [3.05, 3.63) is 35.6 Å². The number of halogens is 1. The van der Waals surface area contributed by atoms with E-state index in [1.165, 1.54) is 18.6 Å². The van der Waals surface area contributed by atoms with Gasteiger partial charge in [0.1, 0.15) is 12.4 Å². The first-order valence-corrected chi connectivity index (χ1v) is 8.53. The van der Waals surface area contributed by atoms with Crippen LogP contribution in [0.3, 0.4) is 0 Å². The van der Waals surface area contributed by atoms with Gasteiger partial charge in [0.05, 0.1) is 0 Å². The third-order valence-corrected chi connectivity index (χ3v) is 4.07.